The van der Waals surface area contributed by atoms with Crippen LogP contribution in [0.3, 0.4) is 0 Å². The number of carbonyl (C=O) groups is 1. The predicted molar refractivity (Wildman–Crippen MR) is 109 cm³/mol. The van der Waals surface area contributed by atoms with E-state index in [-0.39, 0.29) is 23.2 Å². The Labute approximate surface area is 166 Å². The maximum atomic E-state index is 12.6. The van der Waals surface area contributed by atoms with Crippen molar-refractivity contribution in [2.45, 2.75) is 23.8 Å². The normalized spacial score (nSPS) is 17.1. The van der Waals surface area contributed by atoms with Gasteiger partial charge in [0.05, 0.1) is 4.90 Å². The molecule has 27 heavy (non-hydrogen) atoms. The van der Waals surface area contributed by atoms with Gasteiger partial charge in [-0.1, -0.05) is 18.2 Å². The Morgan fingerprint density at radius 1 is 1.07 bits per heavy atom. The molecule has 0 bridgehead atoms. The number of anilines is 1. The monoisotopic (exact) mass is 409 g/mol. The Morgan fingerprint density at radius 3 is 2.37 bits per heavy atom. The van der Waals surface area contributed by atoms with Crippen LogP contribution in [0.4, 0.5) is 5.69 Å². The highest BCUT2D eigenvalue weighted by atomic mass is 35.5. The van der Waals surface area contributed by atoms with E-state index in [1.54, 1.807) is 42.5 Å². The zero-order valence-corrected chi connectivity index (χ0v) is 16.7. The van der Waals surface area contributed by atoms with E-state index < -0.39 is 10.0 Å². The molecule has 2 N–H and O–H groups in total. The fourth-order valence-electron chi connectivity index (χ4n) is 3.07. The number of rotatable bonds is 5. The molecule has 2 aromatic carbocycles. The molecule has 1 heterocycles. The van der Waals surface area contributed by atoms with Gasteiger partial charge < -0.3 is 10.2 Å². The van der Waals surface area contributed by atoms with Crippen LogP contribution in [0.25, 0.3) is 0 Å². The van der Waals surface area contributed by atoms with Gasteiger partial charge in [-0.15, -0.1) is 12.4 Å². The van der Waals surface area contributed by atoms with Gasteiger partial charge in [0.1, 0.15) is 0 Å². The maximum Gasteiger partial charge on any atom is 0.261 e. The van der Waals surface area contributed by atoms with Crippen molar-refractivity contribution in [2.24, 2.45) is 0 Å². The standard InChI is InChI=1S/C19H23N3O3S.ClH/c1-20-17-6-5-13-22(14-17)19(23)15-9-11-16(12-10-15)21-26(24,25)18-7-3-2-4-8-18;/h2-4,7-12,17,20-21H,5-6,13-14H2,1H3;1H. The first kappa shape index (κ1) is 21.2. The summed E-state index contributed by atoms with van der Waals surface area (Å²) in [7, 11) is -1.72. The number of halogens is 1. The smallest absolute Gasteiger partial charge is 0.261 e. The highest BCUT2D eigenvalue weighted by molar-refractivity contribution is 7.92. The lowest BCUT2D eigenvalue weighted by Crippen LogP contribution is -2.46. The van der Waals surface area contributed by atoms with Crippen LogP contribution >= 0.6 is 12.4 Å². The van der Waals surface area contributed by atoms with Crippen LogP contribution in [-0.4, -0.2) is 45.4 Å². The minimum Gasteiger partial charge on any atom is -0.337 e. The summed E-state index contributed by atoms with van der Waals surface area (Å²) in [5, 5.41) is 3.22. The first-order valence-electron chi connectivity index (χ1n) is 8.64. The number of likely N-dealkylation sites (tertiary alicyclic amines) is 1. The van der Waals surface area contributed by atoms with E-state index in [0.29, 0.717) is 23.8 Å². The van der Waals surface area contributed by atoms with Crippen LogP contribution in [0.5, 0.6) is 0 Å². The number of carbonyl (C=O) groups excluding carboxylic acids is 1. The van der Waals surface area contributed by atoms with Gasteiger partial charge in [0.25, 0.3) is 15.9 Å². The lowest BCUT2D eigenvalue weighted by atomic mass is 10.0. The molecule has 0 aromatic heterocycles. The summed E-state index contributed by atoms with van der Waals surface area (Å²) < 4.78 is 27.2. The number of nitrogens with one attached hydrogen (secondary N) is 2. The van der Waals surface area contributed by atoms with Crippen molar-refractivity contribution in [1.82, 2.24) is 10.2 Å². The lowest BCUT2D eigenvalue weighted by molar-refractivity contribution is 0.0698. The SMILES string of the molecule is CNC1CCCN(C(=O)c2ccc(NS(=O)(=O)c3ccccc3)cc2)C1.Cl. The first-order valence-corrected chi connectivity index (χ1v) is 10.1. The second kappa shape index (κ2) is 9.21. The molecule has 2 aromatic rings. The fourth-order valence-corrected chi connectivity index (χ4v) is 4.15. The van der Waals surface area contributed by atoms with E-state index in [9.17, 15) is 13.2 Å². The van der Waals surface area contributed by atoms with E-state index >= 15 is 0 Å². The molecule has 0 aliphatic carbocycles. The summed E-state index contributed by atoms with van der Waals surface area (Å²) in [6.07, 6.45) is 2.05. The molecular formula is C19H24ClN3O3S. The third-order valence-electron chi connectivity index (χ3n) is 4.55. The van der Waals surface area contributed by atoms with Crippen molar-refractivity contribution in [2.75, 3.05) is 24.9 Å². The predicted octanol–water partition coefficient (Wildman–Crippen LogP) is 2.73. The first-order chi connectivity index (χ1) is 12.5. The van der Waals surface area contributed by atoms with Gasteiger partial charge in [-0.2, -0.15) is 0 Å². The quantitative estimate of drug-likeness (QED) is 0.795. The summed E-state index contributed by atoms with van der Waals surface area (Å²) in [6, 6.07) is 15.1. The van der Waals surface area contributed by atoms with E-state index in [1.807, 2.05) is 11.9 Å². The van der Waals surface area contributed by atoms with Gasteiger partial charge in [-0.05, 0) is 56.3 Å². The van der Waals surface area contributed by atoms with E-state index in [0.717, 1.165) is 19.4 Å². The molecule has 6 nitrogen and oxygen atoms in total. The molecule has 1 aliphatic heterocycles. The number of benzene rings is 2. The van der Waals surface area contributed by atoms with Gasteiger partial charge in [0, 0.05) is 30.4 Å². The van der Waals surface area contributed by atoms with Crippen molar-refractivity contribution < 1.29 is 13.2 Å². The molecule has 0 spiro atoms. The van der Waals surface area contributed by atoms with Crippen molar-refractivity contribution in [3.05, 3.63) is 60.2 Å². The highest BCUT2D eigenvalue weighted by Crippen LogP contribution is 2.18. The van der Waals surface area contributed by atoms with E-state index in [4.69, 9.17) is 0 Å². The number of amides is 1. The average Bonchev–Trinajstić information content (AvgIpc) is 2.68. The Bertz CT molecular complexity index is 858. The molecule has 1 atom stereocenters. The molecule has 0 saturated carbocycles. The number of hydrogen-bond donors (Lipinski definition) is 2. The Kier molecular flexibility index (Phi) is 7.24. The Hall–Kier alpha value is -2.09. The summed E-state index contributed by atoms with van der Waals surface area (Å²) in [5.74, 6) is -0.0255. The number of hydrogen-bond acceptors (Lipinski definition) is 4. The third kappa shape index (κ3) is 5.22. The van der Waals surface area contributed by atoms with Crippen molar-refractivity contribution in [3.63, 3.8) is 0 Å². The number of sulfonamides is 1. The Morgan fingerprint density at radius 2 is 1.74 bits per heavy atom. The van der Waals surface area contributed by atoms with E-state index in [2.05, 4.69) is 10.0 Å². The van der Waals surface area contributed by atoms with Gasteiger partial charge in [-0.3, -0.25) is 9.52 Å². The zero-order valence-electron chi connectivity index (χ0n) is 15.1. The molecule has 1 unspecified atom stereocenters. The van der Waals surface area contributed by atoms with Crippen molar-refractivity contribution >= 4 is 34.0 Å². The maximum absolute atomic E-state index is 12.6. The van der Waals surface area contributed by atoms with Gasteiger partial charge in [0.2, 0.25) is 0 Å². The zero-order chi connectivity index (χ0) is 18.6. The molecule has 8 heteroatoms. The lowest BCUT2D eigenvalue weighted by Gasteiger charge is -2.32. The van der Waals surface area contributed by atoms with Crippen molar-refractivity contribution in [3.8, 4) is 0 Å². The molecule has 146 valence electrons. The highest BCUT2D eigenvalue weighted by Gasteiger charge is 2.23. The van der Waals surface area contributed by atoms with Crippen molar-refractivity contribution in [1.29, 1.82) is 0 Å². The summed E-state index contributed by atoms with van der Waals surface area (Å²) in [4.78, 5) is 14.7. The number of nitrogens with zero attached hydrogens (tertiary/aromatic N) is 1. The van der Waals surface area contributed by atoms with Crippen LogP contribution in [-0.2, 0) is 10.0 Å². The molecule has 3 rings (SSSR count). The third-order valence-corrected chi connectivity index (χ3v) is 5.95. The topological polar surface area (TPSA) is 78.5 Å². The van der Waals surface area contributed by atoms with Gasteiger partial charge in [0.15, 0.2) is 0 Å². The Balaban J connectivity index is 0.00000261. The molecular weight excluding hydrogens is 386 g/mol. The minimum atomic E-state index is -3.63. The van der Waals surface area contributed by atoms with Crippen LogP contribution in [0.1, 0.15) is 23.2 Å². The second-order valence-corrected chi connectivity index (χ2v) is 8.06. The largest absolute Gasteiger partial charge is 0.337 e. The average molecular weight is 410 g/mol. The molecule has 1 fully saturated rings. The van der Waals surface area contributed by atoms with Crippen LogP contribution < -0.4 is 10.0 Å². The summed E-state index contributed by atoms with van der Waals surface area (Å²) >= 11 is 0. The van der Waals surface area contributed by atoms with E-state index in [1.165, 1.54) is 12.1 Å². The summed E-state index contributed by atoms with van der Waals surface area (Å²) in [6.45, 7) is 1.44. The molecule has 1 amide bonds. The second-order valence-electron chi connectivity index (χ2n) is 6.37. The van der Waals surface area contributed by atoms with Gasteiger partial charge >= 0.3 is 0 Å². The fraction of sp³-hybridized carbons (Fsp3) is 0.316. The number of piperidine rings is 1. The number of likely N-dealkylation sites (N-methyl/N-ethyl adjacent to an activating group) is 1. The molecule has 0 radical (unpaired) electrons. The van der Waals surface area contributed by atoms with Gasteiger partial charge in [-0.25, -0.2) is 8.42 Å². The van der Waals surface area contributed by atoms with Crippen LogP contribution in [0.15, 0.2) is 59.5 Å². The molecule has 1 saturated heterocycles. The molecule has 1 aliphatic rings. The van der Waals surface area contributed by atoms with Crippen LogP contribution in [0.2, 0.25) is 0 Å². The minimum absolute atomic E-state index is 0. The van der Waals surface area contributed by atoms with Crippen LogP contribution in [0, 0.1) is 0 Å². The summed E-state index contributed by atoms with van der Waals surface area (Å²) in [5.41, 5.74) is 0.988.